The lowest BCUT2D eigenvalue weighted by Crippen LogP contribution is -2.46. The van der Waals surface area contributed by atoms with Crippen LogP contribution in [0.5, 0.6) is 11.5 Å². The van der Waals surface area contributed by atoms with Crippen LogP contribution in [0.2, 0.25) is 0 Å². The minimum Gasteiger partial charge on any atom is -0.493 e. The van der Waals surface area contributed by atoms with E-state index in [0.717, 1.165) is 44.2 Å². The highest BCUT2D eigenvalue weighted by atomic mass is 16.5. The minimum absolute atomic E-state index is 0.799. The van der Waals surface area contributed by atoms with E-state index in [1.54, 1.807) is 14.2 Å². The first-order chi connectivity index (χ1) is 11.3. The smallest absolute Gasteiger partial charge is 0.165 e. The Kier molecular flexibility index (Phi) is 5.03. The summed E-state index contributed by atoms with van der Waals surface area (Å²) in [4.78, 5) is 4.91. The summed E-state index contributed by atoms with van der Waals surface area (Å²) in [5.74, 6) is 1.65. The van der Waals surface area contributed by atoms with Gasteiger partial charge in [-0.25, -0.2) is 0 Å². The van der Waals surface area contributed by atoms with Crippen molar-refractivity contribution in [2.45, 2.75) is 6.54 Å². The number of anilines is 1. The topological polar surface area (TPSA) is 24.9 Å². The van der Waals surface area contributed by atoms with Crippen molar-refractivity contribution < 1.29 is 9.47 Å². The number of piperazine rings is 1. The van der Waals surface area contributed by atoms with Gasteiger partial charge in [-0.05, 0) is 18.2 Å². The van der Waals surface area contributed by atoms with Gasteiger partial charge in [0.1, 0.15) is 0 Å². The van der Waals surface area contributed by atoms with Crippen molar-refractivity contribution in [3.63, 3.8) is 0 Å². The molecule has 0 bridgehead atoms. The lowest BCUT2D eigenvalue weighted by Gasteiger charge is -2.36. The molecule has 0 unspecified atom stereocenters. The lowest BCUT2D eigenvalue weighted by molar-refractivity contribution is 0.244. The Labute approximate surface area is 138 Å². The number of methoxy groups -OCH3 is 2. The molecule has 2 aromatic rings. The van der Waals surface area contributed by atoms with Crippen LogP contribution in [0.3, 0.4) is 0 Å². The summed E-state index contributed by atoms with van der Waals surface area (Å²) >= 11 is 0. The van der Waals surface area contributed by atoms with Crippen LogP contribution in [0.1, 0.15) is 5.56 Å². The summed E-state index contributed by atoms with van der Waals surface area (Å²) < 4.78 is 10.9. The van der Waals surface area contributed by atoms with E-state index in [-0.39, 0.29) is 0 Å². The third kappa shape index (κ3) is 3.59. The van der Waals surface area contributed by atoms with E-state index in [1.165, 1.54) is 11.3 Å². The zero-order chi connectivity index (χ0) is 16.1. The predicted octanol–water partition coefficient (Wildman–Crippen LogP) is 3.03. The molecule has 2 aromatic carbocycles. The Hall–Kier alpha value is -2.20. The first kappa shape index (κ1) is 15.7. The van der Waals surface area contributed by atoms with Crippen molar-refractivity contribution in [3.8, 4) is 11.5 Å². The molecule has 0 amide bonds. The second-order valence-electron chi connectivity index (χ2n) is 5.75. The van der Waals surface area contributed by atoms with E-state index in [2.05, 4.69) is 46.2 Å². The number of rotatable bonds is 5. The van der Waals surface area contributed by atoms with Crippen LogP contribution in [0.25, 0.3) is 0 Å². The largest absolute Gasteiger partial charge is 0.493 e. The number of para-hydroxylation sites is 2. The molecule has 1 saturated heterocycles. The van der Waals surface area contributed by atoms with Gasteiger partial charge in [0.2, 0.25) is 0 Å². The lowest BCUT2D eigenvalue weighted by atomic mass is 10.1. The molecule has 1 aliphatic rings. The molecular weight excluding hydrogens is 288 g/mol. The molecule has 0 radical (unpaired) electrons. The fraction of sp³-hybridized carbons (Fsp3) is 0.368. The first-order valence-electron chi connectivity index (χ1n) is 8.04. The Morgan fingerprint density at radius 3 is 2.22 bits per heavy atom. The molecule has 0 N–H and O–H groups in total. The highest BCUT2D eigenvalue weighted by Gasteiger charge is 2.19. The van der Waals surface area contributed by atoms with Crippen LogP contribution in [-0.4, -0.2) is 45.3 Å². The molecule has 0 saturated carbocycles. The summed E-state index contributed by atoms with van der Waals surface area (Å²) in [5.41, 5.74) is 2.49. The normalized spacial score (nSPS) is 15.5. The number of hydrogen-bond acceptors (Lipinski definition) is 4. The average molecular weight is 312 g/mol. The Bertz CT molecular complexity index is 623. The maximum atomic E-state index is 5.54. The van der Waals surface area contributed by atoms with Crippen molar-refractivity contribution in [3.05, 3.63) is 54.1 Å². The van der Waals surface area contributed by atoms with Gasteiger partial charge in [0.05, 0.1) is 14.2 Å². The predicted molar refractivity (Wildman–Crippen MR) is 93.5 cm³/mol. The standard InChI is InChI=1S/C19H24N2O2/c1-22-18-10-6-7-16(19(18)23-2)15-20-11-13-21(14-12-20)17-8-4-3-5-9-17/h3-10H,11-15H2,1-2H3. The molecule has 23 heavy (non-hydrogen) atoms. The van der Waals surface area contributed by atoms with Crippen LogP contribution < -0.4 is 14.4 Å². The zero-order valence-corrected chi connectivity index (χ0v) is 13.9. The van der Waals surface area contributed by atoms with Crippen molar-refractivity contribution in [1.82, 2.24) is 4.90 Å². The van der Waals surface area contributed by atoms with Crippen LogP contribution in [0.15, 0.2) is 48.5 Å². The van der Waals surface area contributed by atoms with E-state index < -0.39 is 0 Å². The van der Waals surface area contributed by atoms with Crippen molar-refractivity contribution in [2.75, 3.05) is 45.3 Å². The molecule has 122 valence electrons. The quantitative estimate of drug-likeness (QED) is 0.847. The maximum Gasteiger partial charge on any atom is 0.165 e. The molecule has 0 atom stereocenters. The van der Waals surface area contributed by atoms with Crippen LogP contribution in [0.4, 0.5) is 5.69 Å². The van der Waals surface area contributed by atoms with Gasteiger partial charge in [-0.3, -0.25) is 4.90 Å². The fourth-order valence-electron chi connectivity index (χ4n) is 3.12. The number of benzene rings is 2. The highest BCUT2D eigenvalue weighted by Crippen LogP contribution is 2.31. The second-order valence-corrected chi connectivity index (χ2v) is 5.75. The van der Waals surface area contributed by atoms with Crippen molar-refractivity contribution in [1.29, 1.82) is 0 Å². The molecule has 4 nitrogen and oxygen atoms in total. The summed E-state index contributed by atoms with van der Waals surface area (Å²) in [5, 5.41) is 0. The highest BCUT2D eigenvalue weighted by molar-refractivity contribution is 5.47. The molecule has 0 aromatic heterocycles. The molecule has 1 fully saturated rings. The second kappa shape index (κ2) is 7.38. The number of hydrogen-bond donors (Lipinski definition) is 0. The van der Waals surface area contributed by atoms with Crippen LogP contribution in [0, 0.1) is 0 Å². The minimum atomic E-state index is 0.799. The summed E-state index contributed by atoms with van der Waals surface area (Å²) in [7, 11) is 3.38. The fourth-order valence-corrected chi connectivity index (χ4v) is 3.12. The number of ether oxygens (including phenoxy) is 2. The van der Waals surface area contributed by atoms with E-state index in [9.17, 15) is 0 Å². The van der Waals surface area contributed by atoms with Gasteiger partial charge >= 0.3 is 0 Å². The molecule has 4 heteroatoms. The van der Waals surface area contributed by atoms with Crippen LogP contribution >= 0.6 is 0 Å². The molecule has 1 heterocycles. The Balaban J connectivity index is 1.63. The molecular formula is C19H24N2O2. The van der Waals surface area contributed by atoms with Gasteiger partial charge in [-0.15, -0.1) is 0 Å². The molecule has 0 spiro atoms. The maximum absolute atomic E-state index is 5.54. The molecule has 3 rings (SSSR count). The van der Waals surface area contributed by atoms with Gasteiger partial charge < -0.3 is 14.4 Å². The van der Waals surface area contributed by atoms with Gasteiger partial charge in [0.15, 0.2) is 11.5 Å². The van der Waals surface area contributed by atoms with E-state index in [4.69, 9.17) is 9.47 Å². The SMILES string of the molecule is COc1cccc(CN2CCN(c3ccccc3)CC2)c1OC. The van der Waals surface area contributed by atoms with Gasteiger partial charge in [0, 0.05) is 44.0 Å². The van der Waals surface area contributed by atoms with Crippen molar-refractivity contribution >= 4 is 5.69 Å². The summed E-state index contributed by atoms with van der Waals surface area (Å²) in [6.07, 6.45) is 0. The van der Waals surface area contributed by atoms with Crippen LogP contribution in [-0.2, 0) is 6.54 Å². The Morgan fingerprint density at radius 1 is 0.826 bits per heavy atom. The average Bonchev–Trinajstić information content (AvgIpc) is 2.63. The van der Waals surface area contributed by atoms with E-state index in [1.807, 2.05) is 12.1 Å². The summed E-state index contributed by atoms with van der Waals surface area (Å²) in [6.45, 7) is 5.10. The monoisotopic (exact) mass is 312 g/mol. The van der Waals surface area contributed by atoms with E-state index >= 15 is 0 Å². The first-order valence-corrected chi connectivity index (χ1v) is 8.04. The van der Waals surface area contributed by atoms with Crippen molar-refractivity contribution in [2.24, 2.45) is 0 Å². The molecule has 1 aliphatic heterocycles. The number of nitrogens with zero attached hydrogens (tertiary/aromatic N) is 2. The third-order valence-corrected chi connectivity index (χ3v) is 4.37. The third-order valence-electron chi connectivity index (χ3n) is 4.37. The van der Waals surface area contributed by atoms with E-state index in [0.29, 0.717) is 0 Å². The zero-order valence-electron chi connectivity index (χ0n) is 13.9. The van der Waals surface area contributed by atoms with Gasteiger partial charge in [-0.1, -0.05) is 30.3 Å². The van der Waals surface area contributed by atoms with Gasteiger partial charge in [-0.2, -0.15) is 0 Å². The molecule has 0 aliphatic carbocycles. The Morgan fingerprint density at radius 2 is 1.57 bits per heavy atom. The van der Waals surface area contributed by atoms with Gasteiger partial charge in [0.25, 0.3) is 0 Å². The summed E-state index contributed by atoms with van der Waals surface area (Å²) in [6, 6.07) is 16.7.